The number of nitriles is 1. The summed E-state index contributed by atoms with van der Waals surface area (Å²) in [5, 5.41) is 26.7. The van der Waals surface area contributed by atoms with E-state index >= 15 is 0 Å². The molecule has 3 heteroatoms. The molecule has 11 heavy (non-hydrogen) atoms. The van der Waals surface area contributed by atoms with E-state index in [0.717, 1.165) is 0 Å². The topological polar surface area (TPSA) is 64.2 Å². The van der Waals surface area contributed by atoms with Gasteiger partial charge < -0.3 is 10.2 Å². The van der Waals surface area contributed by atoms with Gasteiger partial charge in [-0.05, 0) is 20.8 Å². The van der Waals surface area contributed by atoms with Crippen LogP contribution in [-0.2, 0) is 0 Å². The van der Waals surface area contributed by atoms with E-state index in [1.807, 2.05) is 0 Å². The van der Waals surface area contributed by atoms with Crippen LogP contribution in [-0.4, -0.2) is 15.8 Å². The van der Waals surface area contributed by atoms with E-state index in [-0.39, 0.29) is 17.8 Å². The third-order valence-corrected chi connectivity index (χ3v) is 1.20. The van der Waals surface area contributed by atoms with Crippen molar-refractivity contribution in [2.75, 3.05) is 0 Å². The molecular weight excluding hydrogens is 142 g/mol. The Kier molecular flexibility index (Phi) is 3.09. The third-order valence-electron chi connectivity index (χ3n) is 1.20. The van der Waals surface area contributed by atoms with Crippen LogP contribution < -0.4 is 0 Å². The lowest BCUT2D eigenvalue weighted by Gasteiger charge is -2.16. The smallest absolute Gasteiger partial charge is 0.108 e. The molecule has 0 amide bonds. The summed E-state index contributed by atoms with van der Waals surface area (Å²) in [5.41, 5.74) is -0.700. The van der Waals surface area contributed by atoms with Gasteiger partial charge in [-0.2, -0.15) is 5.26 Å². The normalized spacial score (nSPS) is 13.7. The van der Waals surface area contributed by atoms with Crippen LogP contribution in [0.15, 0.2) is 11.3 Å². The van der Waals surface area contributed by atoms with E-state index in [1.165, 1.54) is 6.92 Å². The number of allylic oxidation sites excluding steroid dienone is 1. The van der Waals surface area contributed by atoms with Gasteiger partial charge in [0.05, 0.1) is 17.2 Å². The van der Waals surface area contributed by atoms with Crippen LogP contribution in [0.4, 0.5) is 0 Å². The monoisotopic (exact) mass is 155 g/mol. The average Bonchev–Trinajstić information content (AvgIpc) is 1.82. The quantitative estimate of drug-likeness (QED) is 0.469. The Hall–Kier alpha value is -1.01. The van der Waals surface area contributed by atoms with E-state index in [0.29, 0.717) is 0 Å². The third kappa shape index (κ3) is 4.40. The van der Waals surface area contributed by atoms with Crippen LogP contribution in [0.3, 0.4) is 0 Å². The van der Waals surface area contributed by atoms with Gasteiger partial charge in [0.15, 0.2) is 0 Å². The summed E-state index contributed by atoms with van der Waals surface area (Å²) in [4.78, 5) is 0. The van der Waals surface area contributed by atoms with Gasteiger partial charge in [0.1, 0.15) is 5.76 Å². The second kappa shape index (κ2) is 3.40. The SMILES string of the molecule is CC(C#N)=C(O)CC(C)(C)O. The van der Waals surface area contributed by atoms with E-state index in [9.17, 15) is 5.11 Å². The van der Waals surface area contributed by atoms with Crippen molar-refractivity contribution < 1.29 is 10.2 Å². The Morgan fingerprint density at radius 1 is 1.55 bits per heavy atom. The fourth-order valence-corrected chi connectivity index (χ4v) is 0.607. The van der Waals surface area contributed by atoms with Crippen LogP contribution in [0.25, 0.3) is 0 Å². The maximum Gasteiger partial charge on any atom is 0.108 e. The highest BCUT2D eigenvalue weighted by Crippen LogP contribution is 2.15. The van der Waals surface area contributed by atoms with E-state index in [2.05, 4.69) is 0 Å². The Balaban J connectivity index is 4.32. The molecule has 0 aromatic rings. The van der Waals surface area contributed by atoms with Gasteiger partial charge in [-0.3, -0.25) is 0 Å². The Labute approximate surface area is 66.6 Å². The minimum Gasteiger partial charge on any atom is -0.511 e. The first-order valence-corrected chi connectivity index (χ1v) is 3.38. The summed E-state index contributed by atoms with van der Waals surface area (Å²) in [6.07, 6.45) is 0.117. The molecule has 0 atom stereocenters. The summed E-state index contributed by atoms with van der Waals surface area (Å²) < 4.78 is 0. The molecule has 0 unspecified atom stereocenters. The maximum absolute atomic E-state index is 9.23. The van der Waals surface area contributed by atoms with E-state index < -0.39 is 5.60 Å². The van der Waals surface area contributed by atoms with E-state index in [1.54, 1.807) is 19.9 Å². The van der Waals surface area contributed by atoms with Gasteiger partial charge >= 0.3 is 0 Å². The number of hydrogen-bond donors (Lipinski definition) is 2. The molecule has 3 nitrogen and oxygen atoms in total. The second-order valence-electron chi connectivity index (χ2n) is 3.17. The first-order chi connectivity index (χ1) is 4.87. The summed E-state index contributed by atoms with van der Waals surface area (Å²) >= 11 is 0. The molecule has 0 spiro atoms. The molecule has 0 aliphatic heterocycles. The molecule has 0 aliphatic rings. The molecule has 62 valence electrons. The molecule has 0 saturated heterocycles. The molecule has 0 aliphatic carbocycles. The summed E-state index contributed by atoms with van der Waals surface area (Å²) in [5.74, 6) is -0.0417. The van der Waals surface area contributed by atoms with Gasteiger partial charge in [-0.15, -0.1) is 0 Å². The van der Waals surface area contributed by atoms with Crippen LogP contribution >= 0.6 is 0 Å². The lowest BCUT2D eigenvalue weighted by Crippen LogP contribution is -2.19. The van der Waals surface area contributed by atoms with Gasteiger partial charge in [-0.1, -0.05) is 0 Å². The molecule has 0 fully saturated rings. The Bertz CT molecular complexity index is 205. The predicted octanol–water partition coefficient (Wildman–Crippen LogP) is 1.50. The first-order valence-electron chi connectivity index (χ1n) is 3.38. The minimum absolute atomic E-state index is 0.0417. The molecule has 0 saturated carbocycles. The number of nitrogens with zero attached hydrogens (tertiary/aromatic N) is 1. The van der Waals surface area contributed by atoms with Crippen LogP contribution in [0.2, 0.25) is 0 Å². The van der Waals surface area contributed by atoms with Crippen molar-refractivity contribution in [3.05, 3.63) is 11.3 Å². The number of hydrogen-bond acceptors (Lipinski definition) is 3. The van der Waals surface area contributed by atoms with Crippen molar-refractivity contribution in [1.82, 2.24) is 0 Å². The van der Waals surface area contributed by atoms with Crippen molar-refractivity contribution >= 4 is 0 Å². The zero-order valence-corrected chi connectivity index (χ0v) is 7.05. The molecule has 0 heterocycles. The fourth-order valence-electron chi connectivity index (χ4n) is 0.607. The maximum atomic E-state index is 9.23. The molecule has 0 rings (SSSR count). The van der Waals surface area contributed by atoms with Gasteiger partial charge in [0, 0.05) is 6.42 Å². The lowest BCUT2D eigenvalue weighted by molar-refractivity contribution is 0.0689. The van der Waals surface area contributed by atoms with Crippen molar-refractivity contribution in [2.24, 2.45) is 0 Å². The zero-order chi connectivity index (χ0) is 9.07. The van der Waals surface area contributed by atoms with E-state index in [4.69, 9.17) is 10.4 Å². The Morgan fingerprint density at radius 2 is 2.00 bits per heavy atom. The summed E-state index contributed by atoms with van der Waals surface area (Å²) in [7, 11) is 0. The predicted molar refractivity (Wildman–Crippen MR) is 41.9 cm³/mol. The van der Waals surface area contributed by atoms with Crippen molar-refractivity contribution in [1.29, 1.82) is 5.26 Å². The van der Waals surface area contributed by atoms with Gasteiger partial charge in [0.2, 0.25) is 0 Å². The molecule has 0 bridgehead atoms. The number of aliphatic hydroxyl groups is 2. The average molecular weight is 155 g/mol. The molecule has 2 N–H and O–H groups in total. The summed E-state index contributed by atoms with van der Waals surface area (Å²) in [6, 6.07) is 1.81. The van der Waals surface area contributed by atoms with Crippen molar-refractivity contribution in [3.63, 3.8) is 0 Å². The largest absolute Gasteiger partial charge is 0.511 e. The lowest BCUT2D eigenvalue weighted by atomic mass is 10.0. The van der Waals surface area contributed by atoms with Crippen LogP contribution in [0.5, 0.6) is 0 Å². The standard InChI is InChI=1S/C8H13NO2/c1-6(5-9)7(10)4-8(2,3)11/h10-11H,4H2,1-3H3. The zero-order valence-electron chi connectivity index (χ0n) is 7.05. The second-order valence-corrected chi connectivity index (χ2v) is 3.17. The minimum atomic E-state index is -0.956. The molecular formula is C8H13NO2. The Morgan fingerprint density at radius 3 is 2.27 bits per heavy atom. The van der Waals surface area contributed by atoms with Gasteiger partial charge in [-0.25, -0.2) is 0 Å². The van der Waals surface area contributed by atoms with Crippen LogP contribution in [0.1, 0.15) is 27.2 Å². The first kappa shape index (κ1) is 9.99. The molecule has 0 aromatic carbocycles. The summed E-state index contributed by atoms with van der Waals surface area (Å²) in [6.45, 7) is 4.67. The van der Waals surface area contributed by atoms with Crippen molar-refractivity contribution in [3.8, 4) is 6.07 Å². The van der Waals surface area contributed by atoms with Crippen molar-refractivity contribution in [2.45, 2.75) is 32.8 Å². The molecule has 0 aromatic heterocycles. The number of rotatable bonds is 2. The highest BCUT2D eigenvalue weighted by Gasteiger charge is 2.15. The van der Waals surface area contributed by atoms with Gasteiger partial charge in [0.25, 0.3) is 0 Å². The highest BCUT2D eigenvalue weighted by molar-refractivity contribution is 5.21. The number of aliphatic hydroxyl groups excluding tert-OH is 1. The highest BCUT2D eigenvalue weighted by atomic mass is 16.3. The molecule has 0 radical (unpaired) electrons. The van der Waals surface area contributed by atoms with Crippen LogP contribution in [0, 0.1) is 11.3 Å². The fraction of sp³-hybridized carbons (Fsp3) is 0.625.